The normalized spacial score (nSPS) is 12.2. The van der Waals surface area contributed by atoms with E-state index in [0.717, 1.165) is 25.1 Å². The van der Waals surface area contributed by atoms with Crippen molar-refractivity contribution >= 4 is 18.3 Å². The lowest BCUT2D eigenvalue weighted by atomic mass is 10.0. The maximum Gasteiger partial charge on any atom is 0.0807 e. The summed E-state index contributed by atoms with van der Waals surface area (Å²) >= 11 is 1.42. The van der Waals surface area contributed by atoms with Gasteiger partial charge in [0.1, 0.15) is 0 Å². The minimum absolute atomic E-state index is 0.0695. The Hall–Kier alpha value is -0.870. The molecule has 0 aromatic carbocycles. The number of nitrogens with zero attached hydrogens (tertiary/aromatic N) is 2. The fourth-order valence-corrected chi connectivity index (χ4v) is 2.01. The van der Waals surface area contributed by atoms with E-state index < -0.39 is 0 Å². The molecule has 0 aliphatic rings. The third kappa shape index (κ3) is 6.44. The Labute approximate surface area is 108 Å². The highest BCUT2D eigenvalue weighted by atomic mass is 32.2. The smallest absolute Gasteiger partial charge is 0.0807 e. The quantitative estimate of drug-likeness (QED) is 0.424. The van der Waals surface area contributed by atoms with Gasteiger partial charge in [0.2, 0.25) is 0 Å². The van der Waals surface area contributed by atoms with Gasteiger partial charge in [-0.1, -0.05) is 6.07 Å². The Morgan fingerprint density at radius 3 is 2.94 bits per heavy atom. The molecule has 0 spiro atoms. The van der Waals surface area contributed by atoms with Crippen molar-refractivity contribution in [2.75, 3.05) is 12.8 Å². The lowest BCUT2D eigenvalue weighted by Gasteiger charge is -2.22. The molecule has 0 unspecified atom stereocenters. The van der Waals surface area contributed by atoms with Crippen LogP contribution >= 0.6 is 12.0 Å². The predicted molar refractivity (Wildman–Crippen MR) is 74.6 cm³/mol. The molecular formula is C13H20N2OS. The van der Waals surface area contributed by atoms with E-state index in [4.69, 9.17) is 4.18 Å². The largest absolute Gasteiger partial charge is 0.310 e. The molecule has 0 saturated carbocycles. The summed E-state index contributed by atoms with van der Waals surface area (Å²) in [6.07, 6.45) is 7.57. The minimum Gasteiger partial charge on any atom is -0.310 e. The second kappa shape index (κ2) is 7.45. The zero-order chi connectivity index (χ0) is 12.6. The second-order valence-electron chi connectivity index (χ2n) is 4.40. The topological polar surface area (TPSA) is 34.5 Å². The standard InChI is InChI=1S/C13H20N2OS/c1-13(2,16-17-3)8-6-9-14-11-12-7-4-5-10-15-12/h4-5,7,10-11H,6,8-9H2,1-3H3. The summed E-state index contributed by atoms with van der Waals surface area (Å²) in [5, 5.41) is 0. The van der Waals surface area contributed by atoms with Gasteiger partial charge in [0.15, 0.2) is 0 Å². The second-order valence-corrected chi connectivity index (χ2v) is 4.90. The number of aliphatic imine (C=N–C) groups is 1. The average Bonchev–Trinajstić information content (AvgIpc) is 2.30. The van der Waals surface area contributed by atoms with Gasteiger partial charge < -0.3 is 4.18 Å². The van der Waals surface area contributed by atoms with Crippen LogP contribution in [0.2, 0.25) is 0 Å². The summed E-state index contributed by atoms with van der Waals surface area (Å²) in [5.41, 5.74) is 0.840. The first-order valence-electron chi connectivity index (χ1n) is 5.77. The van der Waals surface area contributed by atoms with Crippen molar-refractivity contribution in [1.82, 2.24) is 4.98 Å². The molecule has 0 aliphatic heterocycles. The lowest BCUT2D eigenvalue weighted by molar-refractivity contribution is 0.128. The minimum atomic E-state index is -0.0695. The zero-order valence-corrected chi connectivity index (χ0v) is 11.5. The molecule has 17 heavy (non-hydrogen) atoms. The Balaban J connectivity index is 2.22. The Morgan fingerprint density at radius 1 is 1.47 bits per heavy atom. The van der Waals surface area contributed by atoms with Crippen LogP contribution in [0.25, 0.3) is 0 Å². The SMILES string of the molecule is CSOC(C)(C)CCCN=Cc1ccccn1. The summed E-state index contributed by atoms with van der Waals surface area (Å²) in [7, 11) is 0. The first kappa shape index (κ1) is 14.2. The van der Waals surface area contributed by atoms with Gasteiger partial charge in [-0.2, -0.15) is 0 Å². The fourth-order valence-electron chi connectivity index (χ4n) is 1.47. The molecule has 0 radical (unpaired) electrons. The van der Waals surface area contributed by atoms with Crippen molar-refractivity contribution in [3.05, 3.63) is 30.1 Å². The molecule has 1 aromatic rings. The van der Waals surface area contributed by atoms with E-state index in [9.17, 15) is 0 Å². The molecule has 1 heterocycles. The number of hydrogen-bond acceptors (Lipinski definition) is 4. The summed E-state index contributed by atoms with van der Waals surface area (Å²) < 4.78 is 5.55. The summed E-state index contributed by atoms with van der Waals surface area (Å²) in [4.78, 5) is 8.53. The molecule has 0 saturated heterocycles. The lowest BCUT2D eigenvalue weighted by Crippen LogP contribution is -2.21. The molecule has 3 nitrogen and oxygen atoms in total. The van der Waals surface area contributed by atoms with Crippen LogP contribution in [-0.2, 0) is 4.18 Å². The third-order valence-corrected chi connectivity index (χ3v) is 2.90. The zero-order valence-electron chi connectivity index (χ0n) is 10.7. The van der Waals surface area contributed by atoms with Crippen LogP contribution in [0.4, 0.5) is 0 Å². The molecular weight excluding hydrogens is 232 g/mol. The molecule has 0 fully saturated rings. The molecule has 0 N–H and O–H groups in total. The van der Waals surface area contributed by atoms with Crippen molar-refractivity contribution < 1.29 is 4.18 Å². The van der Waals surface area contributed by atoms with Crippen molar-refractivity contribution in [3.63, 3.8) is 0 Å². The first-order chi connectivity index (χ1) is 8.14. The third-order valence-electron chi connectivity index (χ3n) is 2.29. The molecule has 1 rings (SSSR count). The van der Waals surface area contributed by atoms with Gasteiger partial charge in [-0.05, 0) is 50.9 Å². The molecule has 1 aromatic heterocycles. The summed E-state index contributed by atoms with van der Waals surface area (Å²) in [6, 6.07) is 5.81. The Bertz CT molecular complexity index is 339. The molecule has 0 bridgehead atoms. The molecule has 4 heteroatoms. The van der Waals surface area contributed by atoms with Crippen molar-refractivity contribution in [2.24, 2.45) is 4.99 Å². The number of hydrogen-bond donors (Lipinski definition) is 0. The van der Waals surface area contributed by atoms with Gasteiger partial charge in [-0.3, -0.25) is 9.98 Å². The first-order valence-corrected chi connectivity index (χ1v) is 6.92. The van der Waals surface area contributed by atoms with E-state index in [0.29, 0.717) is 0 Å². The highest BCUT2D eigenvalue weighted by molar-refractivity contribution is 7.93. The Kier molecular flexibility index (Phi) is 6.22. The summed E-state index contributed by atoms with van der Waals surface area (Å²) in [5.74, 6) is 0. The van der Waals surface area contributed by atoms with E-state index in [1.165, 1.54) is 12.0 Å². The van der Waals surface area contributed by atoms with Gasteiger partial charge >= 0.3 is 0 Å². The van der Waals surface area contributed by atoms with E-state index >= 15 is 0 Å². The van der Waals surface area contributed by atoms with Crippen LogP contribution in [0.3, 0.4) is 0 Å². The maximum atomic E-state index is 5.55. The van der Waals surface area contributed by atoms with Crippen LogP contribution in [0, 0.1) is 0 Å². The van der Waals surface area contributed by atoms with E-state index in [1.807, 2.05) is 30.7 Å². The van der Waals surface area contributed by atoms with Gasteiger partial charge in [0.25, 0.3) is 0 Å². The van der Waals surface area contributed by atoms with E-state index in [1.54, 1.807) is 6.20 Å². The van der Waals surface area contributed by atoms with Crippen LogP contribution in [0.15, 0.2) is 29.4 Å². The van der Waals surface area contributed by atoms with Crippen LogP contribution in [0.5, 0.6) is 0 Å². The Morgan fingerprint density at radius 2 is 2.29 bits per heavy atom. The van der Waals surface area contributed by atoms with Crippen LogP contribution in [0.1, 0.15) is 32.4 Å². The summed E-state index contributed by atoms with van der Waals surface area (Å²) in [6.45, 7) is 5.02. The number of rotatable bonds is 7. The van der Waals surface area contributed by atoms with Crippen molar-refractivity contribution in [3.8, 4) is 0 Å². The fraction of sp³-hybridized carbons (Fsp3) is 0.538. The highest BCUT2D eigenvalue weighted by Gasteiger charge is 2.17. The van der Waals surface area contributed by atoms with Crippen molar-refractivity contribution in [1.29, 1.82) is 0 Å². The van der Waals surface area contributed by atoms with Gasteiger partial charge in [0.05, 0.1) is 11.3 Å². The molecule has 0 aliphatic carbocycles. The van der Waals surface area contributed by atoms with Gasteiger partial charge in [0, 0.05) is 25.2 Å². The number of pyridine rings is 1. The van der Waals surface area contributed by atoms with E-state index in [-0.39, 0.29) is 5.60 Å². The monoisotopic (exact) mass is 252 g/mol. The van der Waals surface area contributed by atoms with Gasteiger partial charge in [-0.25, -0.2) is 0 Å². The molecule has 0 atom stereocenters. The molecule has 94 valence electrons. The predicted octanol–water partition coefficient (Wildman–Crippen LogP) is 3.35. The van der Waals surface area contributed by atoms with Gasteiger partial charge in [-0.15, -0.1) is 0 Å². The van der Waals surface area contributed by atoms with Crippen molar-refractivity contribution in [2.45, 2.75) is 32.3 Å². The van der Waals surface area contributed by atoms with Crippen LogP contribution < -0.4 is 0 Å². The van der Waals surface area contributed by atoms with Crippen LogP contribution in [-0.4, -0.2) is 29.6 Å². The number of aromatic nitrogens is 1. The average molecular weight is 252 g/mol. The highest BCUT2D eigenvalue weighted by Crippen LogP contribution is 2.21. The van der Waals surface area contributed by atoms with E-state index in [2.05, 4.69) is 23.8 Å². The maximum absolute atomic E-state index is 5.55. The molecule has 0 amide bonds.